The van der Waals surface area contributed by atoms with E-state index < -0.39 is 30.7 Å². The van der Waals surface area contributed by atoms with E-state index in [1.165, 1.54) is 0 Å². The smallest absolute Gasteiger partial charge is 0.184 e. The first kappa shape index (κ1) is 9.85. The van der Waals surface area contributed by atoms with E-state index >= 15 is 0 Å². The zero-order chi connectivity index (χ0) is 9.30. The van der Waals surface area contributed by atoms with Gasteiger partial charge in [-0.3, -0.25) is 0 Å². The van der Waals surface area contributed by atoms with Gasteiger partial charge in [0, 0.05) is 6.54 Å². The lowest BCUT2D eigenvalue weighted by atomic mass is 9.99. The van der Waals surface area contributed by atoms with Gasteiger partial charge in [-0.25, -0.2) is 0 Å². The monoisotopic (exact) mass is 179 g/mol. The molecule has 1 aliphatic rings. The fraction of sp³-hybridized carbons (Fsp3) is 1.00. The highest BCUT2D eigenvalue weighted by Crippen LogP contribution is 2.18. The van der Waals surface area contributed by atoms with E-state index in [4.69, 9.17) is 25.8 Å². The first-order valence-corrected chi connectivity index (χ1v) is 3.65. The van der Waals surface area contributed by atoms with Crippen LogP contribution in [0, 0.1) is 0 Å². The predicted octanol–water partition coefficient (Wildman–Crippen LogP) is -3.25. The van der Waals surface area contributed by atoms with Crippen molar-refractivity contribution in [1.82, 2.24) is 0 Å². The maximum atomic E-state index is 9.20. The molecule has 72 valence electrons. The van der Waals surface area contributed by atoms with E-state index in [9.17, 15) is 5.11 Å². The van der Waals surface area contributed by atoms with Gasteiger partial charge in [-0.05, 0) is 0 Å². The minimum absolute atomic E-state index is 0.0258. The molecule has 0 radical (unpaired) electrons. The summed E-state index contributed by atoms with van der Waals surface area (Å²) in [5, 5.41) is 36.3. The zero-order valence-corrected chi connectivity index (χ0v) is 6.37. The quantitative estimate of drug-likeness (QED) is 0.288. The largest absolute Gasteiger partial charge is 0.388 e. The molecule has 6 nitrogen and oxygen atoms in total. The van der Waals surface area contributed by atoms with Gasteiger partial charge in [0.25, 0.3) is 0 Å². The molecule has 1 saturated heterocycles. The summed E-state index contributed by atoms with van der Waals surface area (Å²) in [7, 11) is 0. The molecule has 6 N–H and O–H groups in total. The van der Waals surface area contributed by atoms with Crippen LogP contribution in [-0.2, 0) is 4.74 Å². The zero-order valence-electron chi connectivity index (χ0n) is 6.37. The van der Waals surface area contributed by atoms with Gasteiger partial charge >= 0.3 is 0 Å². The molecular formula is C6H13NO5. The van der Waals surface area contributed by atoms with Crippen LogP contribution in [-0.4, -0.2) is 57.7 Å². The van der Waals surface area contributed by atoms with Crippen LogP contribution in [0.1, 0.15) is 0 Å². The van der Waals surface area contributed by atoms with Crippen molar-refractivity contribution >= 4 is 0 Å². The van der Waals surface area contributed by atoms with Crippen LogP contribution in [0.3, 0.4) is 0 Å². The van der Waals surface area contributed by atoms with Gasteiger partial charge in [-0.1, -0.05) is 0 Å². The highest BCUT2D eigenvalue weighted by molar-refractivity contribution is 4.88. The van der Waals surface area contributed by atoms with E-state index in [1.807, 2.05) is 0 Å². The minimum Gasteiger partial charge on any atom is -0.388 e. The Kier molecular flexibility index (Phi) is 2.99. The van der Waals surface area contributed by atoms with Crippen molar-refractivity contribution in [3.63, 3.8) is 0 Å². The molecule has 1 fully saturated rings. The Morgan fingerprint density at radius 1 is 1.00 bits per heavy atom. The Hall–Kier alpha value is -0.240. The Bertz CT molecular complexity index is 150. The molecule has 1 rings (SSSR count). The third-order valence-electron chi connectivity index (χ3n) is 1.92. The van der Waals surface area contributed by atoms with Crippen molar-refractivity contribution in [3.8, 4) is 0 Å². The van der Waals surface area contributed by atoms with Crippen LogP contribution in [0.4, 0.5) is 0 Å². The standard InChI is InChI=1S/C6H13NO5/c7-1-2-3(8)4(9)5(10)6(11)12-2/h2-6,8-11H,1,7H2/t2-,3+,4-,5-,6-/m1/s1. The molecule has 0 bridgehead atoms. The molecule has 0 aliphatic carbocycles. The SMILES string of the molecule is NC[C@H]1O[C@@H](O)[C@H](O)[C@H](O)[C@H]1O. The molecule has 0 aromatic carbocycles. The topological polar surface area (TPSA) is 116 Å². The molecule has 0 aromatic heterocycles. The number of ether oxygens (including phenoxy) is 1. The Balaban J connectivity index is 2.63. The first-order valence-electron chi connectivity index (χ1n) is 3.65. The van der Waals surface area contributed by atoms with E-state index in [0.29, 0.717) is 0 Å². The van der Waals surface area contributed by atoms with Crippen molar-refractivity contribution in [2.45, 2.75) is 30.7 Å². The van der Waals surface area contributed by atoms with Crippen LogP contribution in [0.25, 0.3) is 0 Å². The highest BCUT2D eigenvalue weighted by atomic mass is 16.6. The third kappa shape index (κ3) is 1.58. The highest BCUT2D eigenvalue weighted by Gasteiger charge is 2.42. The van der Waals surface area contributed by atoms with Crippen LogP contribution in [0.15, 0.2) is 0 Å². The molecule has 1 heterocycles. The predicted molar refractivity (Wildman–Crippen MR) is 38.0 cm³/mol. The van der Waals surface area contributed by atoms with Crippen LogP contribution in [0.2, 0.25) is 0 Å². The minimum atomic E-state index is -1.49. The van der Waals surface area contributed by atoms with Crippen LogP contribution < -0.4 is 5.73 Å². The second-order valence-corrected chi connectivity index (χ2v) is 2.77. The van der Waals surface area contributed by atoms with Gasteiger partial charge in [-0.15, -0.1) is 0 Å². The lowest BCUT2D eigenvalue weighted by Crippen LogP contribution is -2.59. The maximum Gasteiger partial charge on any atom is 0.184 e. The van der Waals surface area contributed by atoms with Crippen LogP contribution in [0.5, 0.6) is 0 Å². The fourth-order valence-electron chi connectivity index (χ4n) is 1.13. The van der Waals surface area contributed by atoms with E-state index in [-0.39, 0.29) is 6.54 Å². The lowest BCUT2D eigenvalue weighted by Gasteiger charge is -2.37. The van der Waals surface area contributed by atoms with Gasteiger partial charge in [0.2, 0.25) is 0 Å². The maximum absolute atomic E-state index is 9.20. The number of aliphatic hydroxyl groups excluding tert-OH is 4. The summed E-state index contributed by atoms with van der Waals surface area (Å²) in [4.78, 5) is 0. The summed E-state index contributed by atoms with van der Waals surface area (Å²) < 4.78 is 4.70. The van der Waals surface area contributed by atoms with Crippen LogP contribution >= 0.6 is 0 Å². The van der Waals surface area contributed by atoms with Gasteiger partial charge in [0.1, 0.15) is 24.4 Å². The Labute approximate surface area is 69.2 Å². The van der Waals surface area contributed by atoms with Crippen molar-refractivity contribution in [2.75, 3.05) is 6.54 Å². The molecular weight excluding hydrogens is 166 g/mol. The number of nitrogens with two attached hydrogens (primary N) is 1. The number of hydrogen-bond acceptors (Lipinski definition) is 6. The molecule has 0 unspecified atom stereocenters. The number of aliphatic hydroxyl groups is 4. The summed E-state index contributed by atoms with van der Waals surface area (Å²) in [5.41, 5.74) is 5.17. The van der Waals surface area contributed by atoms with Crippen molar-refractivity contribution in [3.05, 3.63) is 0 Å². The molecule has 6 heteroatoms. The van der Waals surface area contributed by atoms with Gasteiger partial charge < -0.3 is 30.9 Å². The molecule has 12 heavy (non-hydrogen) atoms. The Morgan fingerprint density at radius 3 is 2.08 bits per heavy atom. The summed E-state index contributed by atoms with van der Waals surface area (Å²) in [6.45, 7) is -0.0258. The fourth-order valence-corrected chi connectivity index (χ4v) is 1.13. The van der Waals surface area contributed by atoms with Crippen molar-refractivity contribution in [1.29, 1.82) is 0 Å². The second-order valence-electron chi connectivity index (χ2n) is 2.77. The summed E-state index contributed by atoms with van der Waals surface area (Å²) in [6, 6.07) is 0. The lowest BCUT2D eigenvalue weighted by molar-refractivity contribution is -0.279. The van der Waals surface area contributed by atoms with E-state index in [0.717, 1.165) is 0 Å². The summed E-state index contributed by atoms with van der Waals surface area (Å²) in [6.07, 6.45) is -6.48. The molecule has 5 atom stereocenters. The number of rotatable bonds is 1. The average Bonchev–Trinajstić information content (AvgIpc) is 2.08. The molecule has 1 aliphatic heterocycles. The molecule has 0 amide bonds. The molecule has 0 saturated carbocycles. The third-order valence-corrected chi connectivity index (χ3v) is 1.92. The second kappa shape index (κ2) is 3.65. The average molecular weight is 179 g/mol. The number of hydrogen-bond donors (Lipinski definition) is 5. The van der Waals surface area contributed by atoms with Gasteiger partial charge in [0.05, 0.1) is 0 Å². The van der Waals surface area contributed by atoms with Gasteiger partial charge in [0.15, 0.2) is 6.29 Å². The molecule has 0 aromatic rings. The van der Waals surface area contributed by atoms with E-state index in [2.05, 4.69) is 0 Å². The first-order chi connectivity index (χ1) is 5.57. The Morgan fingerprint density at radius 2 is 1.58 bits per heavy atom. The van der Waals surface area contributed by atoms with Crippen molar-refractivity contribution in [2.24, 2.45) is 5.73 Å². The summed E-state index contributed by atoms with van der Waals surface area (Å²) >= 11 is 0. The summed E-state index contributed by atoms with van der Waals surface area (Å²) in [5.74, 6) is 0. The molecule has 0 spiro atoms. The van der Waals surface area contributed by atoms with Crippen molar-refractivity contribution < 1.29 is 25.2 Å². The van der Waals surface area contributed by atoms with Gasteiger partial charge in [-0.2, -0.15) is 0 Å². The normalized spacial score (nSPS) is 49.2. The van der Waals surface area contributed by atoms with E-state index in [1.54, 1.807) is 0 Å².